The highest BCUT2D eigenvalue weighted by atomic mass is 16.3. The van der Waals surface area contributed by atoms with Gasteiger partial charge in [0.05, 0.1) is 12.2 Å². The van der Waals surface area contributed by atoms with E-state index in [4.69, 9.17) is 0 Å². The zero-order valence-corrected chi connectivity index (χ0v) is 9.36. The minimum atomic E-state index is -0.646. The second kappa shape index (κ2) is 5.58. The van der Waals surface area contributed by atoms with E-state index in [1.807, 2.05) is 25.8 Å². The van der Waals surface area contributed by atoms with Crippen LogP contribution in [0.3, 0.4) is 0 Å². The Labute approximate surface area is 81.4 Å². The van der Waals surface area contributed by atoms with Gasteiger partial charge in [-0.05, 0) is 26.8 Å². The van der Waals surface area contributed by atoms with Crippen LogP contribution in [0.5, 0.6) is 0 Å². The molecule has 0 aromatic rings. The second-order valence-corrected chi connectivity index (χ2v) is 4.34. The molecular formula is C10H23NO2. The minimum absolute atomic E-state index is 0.107. The summed E-state index contributed by atoms with van der Waals surface area (Å²) in [5.41, 5.74) is 0. The van der Waals surface area contributed by atoms with Gasteiger partial charge in [0, 0.05) is 12.6 Å². The molecule has 0 amide bonds. The molecule has 3 heteroatoms. The van der Waals surface area contributed by atoms with E-state index in [0.717, 1.165) is 0 Å². The molecule has 2 unspecified atom stereocenters. The largest absolute Gasteiger partial charge is 0.390 e. The highest BCUT2D eigenvalue weighted by Gasteiger charge is 2.21. The van der Waals surface area contributed by atoms with Crippen LogP contribution in [0.15, 0.2) is 0 Å². The third kappa shape index (κ3) is 4.60. The number of aliphatic hydroxyl groups is 2. The van der Waals surface area contributed by atoms with Crippen LogP contribution >= 0.6 is 0 Å². The predicted octanol–water partition coefficient (Wildman–Crippen LogP) is 0.704. The predicted molar refractivity (Wildman–Crippen MR) is 54.6 cm³/mol. The molecule has 0 aromatic heterocycles. The summed E-state index contributed by atoms with van der Waals surface area (Å²) in [5, 5.41) is 19.2. The highest BCUT2D eigenvalue weighted by Crippen LogP contribution is 2.08. The van der Waals surface area contributed by atoms with Crippen LogP contribution < -0.4 is 0 Å². The van der Waals surface area contributed by atoms with Crippen LogP contribution in [0.4, 0.5) is 0 Å². The molecule has 0 heterocycles. The average Bonchev–Trinajstić information content (AvgIpc) is 2.02. The smallest absolute Gasteiger partial charge is 0.0928 e. The van der Waals surface area contributed by atoms with Crippen LogP contribution in [0.2, 0.25) is 0 Å². The number of likely N-dealkylation sites (N-methyl/N-ethyl adjacent to an activating group) is 1. The van der Waals surface area contributed by atoms with Crippen LogP contribution in [0, 0.1) is 5.92 Å². The maximum absolute atomic E-state index is 9.62. The van der Waals surface area contributed by atoms with Gasteiger partial charge >= 0.3 is 0 Å². The number of aliphatic hydroxyl groups excluding tert-OH is 2. The standard InChI is InChI=1S/C10H23NO2/c1-7(2)10(13)9(12)6-11(5)8(3)4/h7-10,12-13H,6H2,1-5H3. The van der Waals surface area contributed by atoms with E-state index in [1.54, 1.807) is 0 Å². The van der Waals surface area contributed by atoms with Crippen molar-refractivity contribution in [2.24, 2.45) is 5.92 Å². The zero-order valence-electron chi connectivity index (χ0n) is 9.36. The van der Waals surface area contributed by atoms with Gasteiger partial charge in [-0.3, -0.25) is 0 Å². The van der Waals surface area contributed by atoms with Gasteiger partial charge < -0.3 is 15.1 Å². The lowest BCUT2D eigenvalue weighted by Gasteiger charge is -2.28. The summed E-state index contributed by atoms with van der Waals surface area (Å²) < 4.78 is 0. The van der Waals surface area contributed by atoms with E-state index in [0.29, 0.717) is 12.6 Å². The Balaban J connectivity index is 3.92. The monoisotopic (exact) mass is 189 g/mol. The molecule has 0 aliphatic rings. The van der Waals surface area contributed by atoms with Crippen molar-refractivity contribution < 1.29 is 10.2 Å². The summed E-state index contributed by atoms with van der Waals surface area (Å²) in [6, 6.07) is 0.397. The van der Waals surface area contributed by atoms with E-state index < -0.39 is 12.2 Å². The van der Waals surface area contributed by atoms with E-state index in [1.165, 1.54) is 0 Å². The van der Waals surface area contributed by atoms with Gasteiger partial charge in [0.2, 0.25) is 0 Å². The highest BCUT2D eigenvalue weighted by molar-refractivity contribution is 4.74. The molecule has 0 spiro atoms. The molecule has 0 saturated heterocycles. The number of hydrogen-bond acceptors (Lipinski definition) is 3. The topological polar surface area (TPSA) is 43.7 Å². The summed E-state index contributed by atoms with van der Waals surface area (Å²) in [4.78, 5) is 2.02. The Morgan fingerprint density at radius 1 is 1.08 bits per heavy atom. The van der Waals surface area contributed by atoms with Crippen LogP contribution in [-0.4, -0.2) is 47.0 Å². The lowest BCUT2D eigenvalue weighted by molar-refractivity contribution is -0.0256. The molecule has 2 N–H and O–H groups in total. The molecule has 0 rings (SSSR count). The Hall–Kier alpha value is -0.120. The van der Waals surface area contributed by atoms with Gasteiger partial charge in [0.25, 0.3) is 0 Å². The molecule has 0 aliphatic heterocycles. The minimum Gasteiger partial charge on any atom is -0.390 e. The van der Waals surface area contributed by atoms with Gasteiger partial charge in [-0.2, -0.15) is 0 Å². The summed E-state index contributed by atoms with van der Waals surface area (Å²) in [5.74, 6) is 0.107. The van der Waals surface area contributed by atoms with Gasteiger partial charge in [-0.1, -0.05) is 13.8 Å². The Bertz CT molecular complexity index is 137. The van der Waals surface area contributed by atoms with E-state index in [-0.39, 0.29) is 5.92 Å². The third-order valence-corrected chi connectivity index (χ3v) is 2.43. The van der Waals surface area contributed by atoms with E-state index >= 15 is 0 Å². The summed E-state index contributed by atoms with van der Waals surface area (Å²) >= 11 is 0. The zero-order chi connectivity index (χ0) is 10.6. The average molecular weight is 189 g/mol. The molecule has 2 atom stereocenters. The van der Waals surface area contributed by atoms with Gasteiger partial charge in [0.1, 0.15) is 0 Å². The molecule has 3 nitrogen and oxygen atoms in total. The Kier molecular flexibility index (Phi) is 5.53. The number of nitrogens with zero attached hydrogens (tertiary/aromatic N) is 1. The Morgan fingerprint density at radius 2 is 1.54 bits per heavy atom. The molecule has 0 radical (unpaired) electrons. The first-order chi connectivity index (χ1) is 5.86. The Morgan fingerprint density at radius 3 is 1.85 bits per heavy atom. The summed E-state index contributed by atoms with van der Waals surface area (Å²) in [6.45, 7) is 8.46. The van der Waals surface area contributed by atoms with Crippen molar-refractivity contribution in [1.82, 2.24) is 4.90 Å². The maximum Gasteiger partial charge on any atom is 0.0928 e. The molecule has 0 saturated carbocycles. The summed E-state index contributed by atoms with van der Waals surface area (Å²) in [7, 11) is 1.95. The molecule has 80 valence electrons. The number of rotatable bonds is 5. The van der Waals surface area contributed by atoms with E-state index in [2.05, 4.69) is 13.8 Å². The maximum atomic E-state index is 9.62. The molecule has 0 aliphatic carbocycles. The van der Waals surface area contributed by atoms with Crippen molar-refractivity contribution in [3.05, 3.63) is 0 Å². The second-order valence-electron chi connectivity index (χ2n) is 4.34. The van der Waals surface area contributed by atoms with Crippen LogP contribution in [0.1, 0.15) is 27.7 Å². The first-order valence-corrected chi connectivity index (χ1v) is 4.92. The van der Waals surface area contributed by atoms with Crippen LogP contribution in [0.25, 0.3) is 0 Å². The van der Waals surface area contributed by atoms with Gasteiger partial charge in [0.15, 0.2) is 0 Å². The van der Waals surface area contributed by atoms with Crippen molar-refractivity contribution in [3.63, 3.8) is 0 Å². The normalized spacial score (nSPS) is 17.1. The first kappa shape index (κ1) is 12.9. The quantitative estimate of drug-likeness (QED) is 0.669. The molecular weight excluding hydrogens is 166 g/mol. The fourth-order valence-electron chi connectivity index (χ4n) is 1.06. The fraction of sp³-hybridized carbons (Fsp3) is 1.00. The van der Waals surface area contributed by atoms with Crippen molar-refractivity contribution in [2.45, 2.75) is 45.9 Å². The first-order valence-electron chi connectivity index (χ1n) is 4.92. The van der Waals surface area contributed by atoms with Gasteiger partial charge in [-0.15, -0.1) is 0 Å². The SMILES string of the molecule is CC(C)C(O)C(O)CN(C)C(C)C. The molecule has 13 heavy (non-hydrogen) atoms. The van der Waals surface area contributed by atoms with E-state index in [9.17, 15) is 10.2 Å². The summed E-state index contributed by atoms with van der Waals surface area (Å²) in [6.07, 6.45) is -1.27. The van der Waals surface area contributed by atoms with Gasteiger partial charge in [-0.25, -0.2) is 0 Å². The van der Waals surface area contributed by atoms with Crippen molar-refractivity contribution >= 4 is 0 Å². The molecule has 0 bridgehead atoms. The fourth-order valence-corrected chi connectivity index (χ4v) is 1.06. The third-order valence-electron chi connectivity index (χ3n) is 2.43. The van der Waals surface area contributed by atoms with Crippen LogP contribution in [-0.2, 0) is 0 Å². The molecule has 0 aromatic carbocycles. The lowest BCUT2D eigenvalue weighted by Crippen LogP contribution is -2.42. The number of hydrogen-bond donors (Lipinski definition) is 2. The van der Waals surface area contributed by atoms with Crippen molar-refractivity contribution in [2.75, 3.05) is 13.6 Å². The van der Waals surface area contributed by atoms with Crippen molar-refractivity contribution in [3.8, 4) is 0 Å². The lowest BCUT2D eigenvalue weighted by atomic mass is 10.0. The molecule has 0 fully saturated rings. The van der Waals surface area contributed by atoms with Crippen molar-refractivity contribution in [1.29, 1.82) is 0 Å².